The molecule has 0 spiro atoms. The molecule has 0 aliphatic heterocycles. The Balaban J connectivity index is 2.26. The number of nitrogens with one attached hydrogen (secondary N) is 1. The fraction of sp³-hybridized carbons (Fsp3) is 0.308. The summed E-state index contributed by atoms with van der Waals surface area (Å²) in [6.07, 6.45) is 0. The number of carbonyl (C=O) groups excluding carboxylic acids is 1. The Morgan fingerprint density at radius 3 is 2.79 bits per heavy atom. The summed E-state index contributed by atoms with van der Waals surface area (Å²) in [6.45, 7) is 5.65. The van der Waals surface area contributed by atoms with Crippen molar-refractivity contribution < 1.29 is 4.79 Å². The SMILES string of the molecule is Cc1ccc(N)cc1-c1nnc(NC(=O)C(C)C)s1. The molecule has 5 nitrogen and oxygen atoms in total. The number of nitrogens with two attached hydrogens (primary N) is 1. The Morgan fingerprint density at radius 2 is 2.11 bits per heavy atom. The molecule has 0 aliphatic rings. The average Bonchev–Trinajstić information content (AvgIpc) is 2.80. The van der Waals surface area contributed by atoms with E-state index >= 15 is 0 Å². The summed E-state index contributed by atoms with van der Waals surface area (Å²) in [6, 6.07) is 5.66. The number of nitrogen functional groups attached to an aromatic ring is 1. The highest BCUT2D eigenvalue weighted by molar-refractivity contribution is 7.18. The Kier molecular flexibility index (Phi) is 3.80. The molecule has 1 amide bonds. The first-order chi connectivity index (χ1) is 8.97. The van der Waals surface area contributed by atoms with Gasteiger partial charge in [-0.1, -0.05) is 31.3 Å². The predicted octanol–water partition coefficient (Wildman–Crippen LogP) is 2.69. The third-order valence-electron chi connectivity index (χ3n) is 2.67. The van der Waals surface area contributed by atoms with Crippen LogP contribution in [-0.4, -0.2) is 16.1 Å². The van der Waals surface area contributed by atoms with E-state index in [1.165, 1.54) is 11.3 Å². The standard InChI is InChI=1S/C13H16N4OS/c1-7(2)11(18)15-13-17-16-12(19-13)10-6-9(14)5-4-8(10)3/h4-7H,14H2,1-3H3,(H,15,17,18). The molecule has 0 fully saturated rings. The maximum atomic E-state index is 11.6. The first-order valence-corrected chi connectivity index (χ1v) is 6.80. The van der Waals surface area contributed by atoms with Crippen LogP contribution in [0.25, 0.3) is 10.6 Å². The van der Waals surface area contributed by atoms with Gasteiger partial charge in [-0.15, -0.1) is 10.2 Å². The number of aryl methyl sites for hydroxylation is 1. The molecule has 0 radical (unpaired) electrons. The Hall–Kier alpha value is -1.95. The quantitative estimate of drug-likeness (QED) is 0.844. The lowest BCUT2D eigenvalue weighted by molar-refractivity contribution is -0.118. The van der Waals surface area contributed by atoms with Gasteiger partial charge in [-0.3, -0.25) is 4.79 Å². The molecule has 1 heterocycles. The van der Waals surface area contributed by atoms with Gasteiger partial charge in [-0.25, -0.2) is 0 Å². The zero-order valence-electron chi connectivity index (χ0n) is 11.1. The van der Waals surface area contributed by atoms with E-state index in [4.69, 9.17) is 5.73 Å². The summed E-state index contributed by atoms with van der Waals surface area (Å²) in [7, 11) is 0. The van der Waals surface area contributed by atoms with Crippen LogP contribution in [0.1, 0.15) is 19.4 Å². The van der Waals surface area contributed by atoms with Gasteiger partial charge in [-0.05, 0) is 24.6 Å². The van der Waals surface area contributed by atoms with Crippen LogP contribution >= 0.6 is 11.3 Å². The van der Waals surface area contributed by atoms with E-state index in [2.05, 4.69) is 15.5 Å². The molecule has 1 aromatic heterocycles. The highest BCUT2D eigenvalue weighted by Crippen LogP contribution is 2.30. The molecule has 100 valence electrons. The maximum Gasteiger partial charge on any atom is 0.228 e. The fourth-order valence-corrected chi connectivity index (χ4v) is 2.33. The van der Waals surface area contributed by atoms with Crippen molar-refractivity contribution in [3.63, 3.8) is 0 Å². The van der Waals surface area contributed by atoms with E-state index in [1.54, 1.807) is 0 Å². The normalized spacial score (nSPS) is 10.7. The zero-order valence-corrected chi connectivity index (χ0v) is 11.9. The minimum absolute atomic E-state index is 0.0630. The van der Waals surface area contributed by atoms with Crippen molar-refractivity contribution in [1.29, 1.82) is 0 Å². The molecular formula is C13H16N4OS. The number of hydrogen-bond acceptors (Lipinski definition) is 5. The smallest absolute Gasteiger partial charge is 0.228 e. The van der Waals surface area contributed by atoms with Crippen molar-refractivity contribution >= 4 is 28.1 Å². The van der Waals surface area contributed by atoms with Gasteiger partial charge in [0.15, 0.2) is 0 Å². The van der Waals surface area contributed by atoms with E-state index in [0.717, 1.165) is 16.1 Å². The minimum atomic E-state index is -0.0820. The molecule has 1 aromatic carbocycles. The first-order valence-electron chi connectivity index (χ1n) is 5.98. The van der Waals surface area contributed by atoms with Gasteiger partial charge in [0.05, 0.1) is 0 Å². The number of rotatable bonds is 3. The van der Waals surface area contributed by atoms with Crippen LogP contribution in [0, 0.1) is 12.8 Å². The summed E-state index contributed by atoms with van der Waals surface area (Å²) in [5.41, 5.74) is 8.49. The van der Waals surface area contributed by atoms with Crippen LogP contribution < -0.4 is 11.1 Å². The highest BCUT2D eigenvalue weighted by Gasteiger charge is 2.13. The van der Waals surface area contributed by atoms with Crippen LogP contribution in [0.5, 0.6) is 0 Å². The van der Waals surface area contributed by atoms with E-state index < -0.39 is 0 Å². The van der Waals surface area contributed by atoms with Crippen LogP contribution in [-0.2, 0) is 4.79 Å². The molecule has 3 N–H and O–H groups in total. The molecule has 6 heteroatoms. The topological polar surface area (TPSA) is 80.9 Å². The monoisotopic (exact) mass is 276 g/mol. The van der Waals surface area contributed by atoms with Crippen molar-refractivity contribution in [2.24, 2.45) is 5.92 Å². The van der Waals surface area contributed by atoms with Crippen molar-refractivity contribution in [2.75, 3.05) is 11.1 Å². The summed E-state index contributed by atoms with van der Waals surface area (Å²) in [5.74, 6) is -0.145. The van der Waals surface area contributed by atoms with Gasteiger partial charge in [0.25, 0.3) is 0 Å². The summed E-state index contributed by atoms with van der Waals surface area (Å²) >= 11 is 1.34. The molecule has 19 heavy (non-hydrogen) atoms. The summed E-state index contributed by atoms with van der Waals surface area (Å²) in [5, 5.41) is 12.1. The largest absolute Gasteiger partial charge is 0.399 e. The van der Waals surface area contributed by atoms with E-state index in [0.29, 0.717) is 10.8 Å². The Morgan fingerprint density at radius 1 is 1.37 bits per heavy atom. The summed E-state index contributed by atoms with van der Waals surface area (Å²) < 4.78 is 0. The van der Waals surface area contributed by atoms with E-state index in [9.17, 15) is 4.79 Å². The molecule has 0 aliphatic carbocycles. The van der Waals surface area contributed by atoms with E-state index in [-0.39, 0.29) is 11.8 Å². The van der Waals surface area contributed by atoms with Crippen molar-refractivity contribution in [1.82, 2.24) is 10.2 Å². The first kappa shape index (κ1) is 13.5. The van der Waals surface area contributed by atoms with Gasteiger partial charge in [0.1, 0.15) is 5.01 Å². The molecule has 0 atom stereocenters. The number of nitrogens with zero attached hydrogens (tertiary/aromatic N) is 2. The number of carbonyl (C=O) groups is 1. The number of anilines is 2. The lowest BCUT2D eigenvalue weighted by Crippen LogP contribution is -2.17. The van der Waals surface area contributed by atoms with Gasteiger partial charge in [0.2, 0.25) is 11.0 Å². The Labute approximate surface area is 115 Å². The second kappa shape index (κ2) is 5.36. The van der Waals surface area contributed by atoms with Gasteiger partial charge >= 0.3 is 0 Å². The van der Waals surface area contributed by atoms with Gasteiger partial charge in [-0.2, -0.15) is 0 Å². The lowest BCUT2D eigenvalue weighted by atomic mass is 10.1. The third-order valence-corrected chi connectivity index (χ3v) is 3.54. The molecule has 0 saturated heterocycles. The zero-order chi connectivity index (χ0) is 14.0. The second-order valence-corrected chi connectivity index (χ2v) is 5.61. The number of hydrogen-bond donors (Lipinski definition) is 2. The number of benzene rings is 1. The third kappa shape index (κ3) is 3.08. The van der Waals surface area contributed by atoms with Crippen LogP contribution in [0.15, 0.2) is 18.2 Å². The molecule has 2 rings (SSSR count). The van der Waals surface area contributed by atoms with Crippen molar-refractivity contribution in [2.45, 2.75) is 20.8 Å². The molecule has 0 bridgehead atoms. The van der Waals surface area contributed by atoms with Crippen molar-refractivity contribution in [3.8, 4) is 10.6 Å². The molecule has 0 unspecified atom stereocenters. The molecule has 0 saturated carbocycles. The Bertz CT molecular complexity index is 606. The average molecular weight is 276 g/mol. The van der Waals surface area contributed by atoms with Gasteiger partial charge in [0, 0.05) is 17.2 Å². The van der Waals surface area contributed by atoms with Gasteiger partial charge < -0.3 is 11.1 Å². The molecule has 2 aromatic rings. The number of aromatic nitrogens is 2. The number of amides is 1. The lowest BCUT2D eigenvalue weighted by Gasteiger charge is -2.03. The van der Waals surface area contributed by atoms with Crippen LogP contribution in [0.2, 0.25) is 0 Å². The van der Waals surface area contributed by atoms with Crippen molar-refractivity contribution in [3.05, 3.63) is 23.8 Å². The summed E-state index contributed by atoms with van der Waals surface area (Å²) in [4.78, 5) is 11.6. The minimum Gasteiger partial charge on any atom is -0.399 e. The van der Waals surface area contributed by atoms with Crippen LogP contribution in [0.4, 0.5) is 10.8 Å². The molecular weight excluding hydrogens is 260 g/mol. The van der Waals surface area contributed by atoms with Crippen LogP contribution in [0.3, 0.4) is 0 Å². The van der Waals surface area contributed by atoms with E-state index in [1.807, 2.05) is 39.0 Å². The highest BCUT2D eigenvalue weighted by atomic mass is 32.1. The predicted molar refractivity (Wildman–Crippen MR) is 78.0 cm³/mol. The maximum absolute atomic E-state index is 11.6. The fourth-order valence-electron chi connectivity index (χ4n) is 1.50. The second-order valence-electron chi connectivity index (χ2n) is 4.63.